The second kappa shape index (κ2) is 8.04. The monoisotopic (exact) mass is 409 g/mol. The van der Waals surface area contributed by atoms with Gasteiger partial charge in [0.25, 0.3) is 0 Å². The summed E-state index contributed by atoms with van der Waals surface area (Å²) < 4.78 is 24.2. The van der Waals surface area contributed by atoms with E-state index in [0.29, 0.717) is 27.6 Å². The van der Waals surface area contributed by atoms with Crippen LogP contribution in [0.5, 0.6) is 5.75 Å². The maximum Gasteiger partial charge on any atom is 0.154 e. The molecule has 1 unspecified atom stereocenters. The van der Waals surface area contributed by atoms with E-state index in [2.05, 4.69) is 0 Å². The lowest BCUT2D eigenvalue weighted by Crippen LogP contribution is -2.08. The van der Waals surface area contributed by atoms with Gasteiger partial charge in [0.15, 0.2) is 5.76 Å². The Kier molecular flexibility index (Phi) is 5.30. The molecule has 2 aromatic carbocycles. The summed E-state index contributed by atoms with van der Waals surface area (Å²) in [6.07, 6.45) is 1.59. The number of furan rings is 1. The zero-order valence-electron chi connectivity index (χ0n) is 15.6. The number of hydrogen-bond donors (Lipinski definition) is 2. The number of hydrogen-bond acceptors (Lipinski definition) is 5. The zero-order chi connectivity index (χ0) is 20.4. The number of aliphatic hydroxyl groups is 1. The number of aliphatic hydroxyl groups excluding tert-OH is 1. The van der Waals surface area contributed by atoms with Gasteiger partial charge in [0, 0.05) is 5.56 Å². The highest BCUT2D eigenvalue weighted by molar-refractivity contribution is 7.82. The number of benzene rings is 2. The van der Waals surface area contributed by atoms with Crippen LogP contribution >= 0.6 is 0 Å². The molecule has 0 spiro atoms. The summed E-state index contributed by atoms with van der Waals surface area (Å²) in [7, 11) is -0.0691. The first kappa shape index (κ1) is 19.1. The molecule has 0 aliphatic carbocycles. The highest BCUT2D eigenvalue weighted by atomic mass is 32.2. The topological polar surface area (TPSA) is 104 Å². The van der Waals surface area contributed by atoms with E-state index < -0.39 is 11.0 Å². The van der Waals surface area contributed by atoms with E-state index >= 15 is 0 Å². The molecule has 0 amide bonds. The van der Waals surface area contributed by atoms with Crippen molar-refractivity contribution in [2.45, 2.75) is 11.5 Å². The van der Waals surface area contributed by atoms with Gasteiger partial charge in [-0.25, -0.2) is 14.0 Å². The molecular weight excluding hydrogens is 390 g/mol. The Labute approximate surface area is 169 Å². The summed E-state index contributed by atoms with van der Waals surface area (Å²) in [6, 6.07) is 18.3. The highest BCUT2D eigenvalue weighted by Crippen LogP contribution is 2.31. The first-order chi connectivity index (χ1) is 14.1. The zero-order valence-corrected chi connectivity index (χ0v) is 16.4. The van der Waals surface area contributed by atoms with E-state index in [1.165, 1.54) is 0 Å². The third-order valence-electron chi connectivity index (χ3n) is 4.54. The van der Waals surface area contributed by atoms with Gasteiger partial charge in [0.1, 0.15) is 22.4 Å². The van der Waals surface area contributed by atoms with Gasteiger partial charge in [0.05, 0.1) is 36.3 Å². The molecule has 8 heteroatoms. The molecule has 148 valence electrons. The van der Waals surface area contributed by atoms with Crippen LogP contribution in [0.1, 0.15) is 5.56 Å². The average Bonchev–Trinajstić information content (AvgIpc) is 3.43. The third kappa shape index (κ3) is 3.73. The van der Waals surface area contributed by atoms with Crippen LogP contribution in [-0.4, -0.2) is 26.2 Å². The van der Waals surface area contributed by atoms with Crippen LogP contribution < -0.4 is 9.88 Å². The molecule has 0 aliphatic rings. The number of nitrogens with zero attached hydrogens (tertiary/aromatic N) is 2. The molecule has 1 atom stereocenters. The van der Waals surface area contributed by atoms with Crippen molar-refractivity contribution in [3.05, 3.63) is 72.5 Å². The van der Waals surface area contributed by atoms with Gasteiger partial charge in [0.2, 0.25) is 0 Å². The first-order valence-electron chi connectivity index (χ1n) is 8.79. The Hall–Kier alpha value is -3.20. The molecule has 0 saturated carbocycles. The highest BCUT2D eigenvalue weighted by Gasteiger charge is 2.16. The summed E-state index contributed by atoms with van der Waals surface area (Å²) in [4.78, 5) is 0.390. The van der Waals surface area contributed by atoms with Crippen LogP contribution in [0.3, 0.4) is 0 Å². The van der Waals surface area contributed by atoms with Gasteiger partial charge in [-0.1, -0.05) is 0 Å². The molecular formula is C21H19N3O4S. The second-order valence-corrected chi connectivity index (χ2v) is 7.31. The SMILES string of the molecule is COc1ccc(-c2cc(-c3ccco3)nn2-c2ccc(S(N)=O)c(CO)c2)cc1. The maximum absolute atomic E-state index is 11.7. The lowest BCUT2D eigenvalue weighted by atomic mass is 10.1. The fourth-order valence-corrected chi connectivity index (χ4v) is 3.69. The molecule has 4 aromatic rings. The van der Waals surface area contributed by atoms with Crippen LogP contribution in [0.15, 0.2) is 76.2 Å². The van der Waals surface area contributed by atoms with Gasteiger partial charge in [-0.3, -0.25) is 0 Å². The molecule has 0 bridgehead atoms. The van der Waals surface area contributed by atoms with Crippen molar-refractivity contribution in [3.8, 4) is 34.1 Å². The summed E-state index contributed by atoms with van der Waals surface area (Å²) in [5, 5.41) is 19.9. The lowest BCUT2D eigenvalue weighted by Gasteiger charge is -2.11. The fourth-order valence-electron chi connectivity index (χ4n) is 3.11. The van der Waals surface area contributed by atoms with E-state index in [1.54, 1.807) is 42.3 Å². The predicted octanol–water partition coefficient (Wildman–Crippen LogP) is 3.28. The molecule has 0 radical (unpaired) electrons. The van der Waals surface area contributed by atoms with Crippen LogP contribution in [0, 0.1) is 0 Å². The van der Waals surface area contributed by atoms with Crippen molar-refractivity contribution in [2.75, 3.05) is 7.11 Å². The van der Waals surface area contributed by atoms with Crippen LogP contribution in [0.4, 0.5) is 0 Å². The molecule has 3 N–H and O–H groups in total. The van der Waals surface area contributed by atoms with Gasteiger partial charge in [-0.15, -0.1) is 0 Å². The van der Waals surface area contributed by atoms with Gasteiger partial charge >= 0.3 is 0 Å². The fraction of sp³-hybridized carbons (Fsp3) is 0.0952. The van der Waals surface area contributed by atoms with E-state index in [0.717, 1.165) is 17.0 Å². The molecule has 29 heavy (non-hydrogen) atoms. The minimum absolute atomic E-state index is 0.281. The number of methoxy groups -OCH3 is 1. The van der Waals surface area contributed by atoms with Crippen molar-refractivity contribution < 1.29 is 18.5 Å². The van der Waals surface area contributed by atoms with Crippen LogP contribution in [0.25, 0.3) is 28.4 Å². The molecule has 7 nitrogen and oxygen atoms in total. The molecule has 0 fully saturated rings. The maximum atomic E-state index is 11.7. The van der Waals surface area contributed by atoms with Gasteiger partial charge in [-0.05, 0) is 66.2 Å². The Morgan fingerprint density at radius 2 is 1.97 bits per heavy atom. The Morgan fingerprint density at radius 3 is 2.59 bits per heavy atom. The van der Waals surface area contributed by atoms with Crippen molar-refractivity contribution in [1.29, 1.82) is 0 Å². The van der Waals surface area contributed by atoms with E-state index in [9.17, 15) is 9.32 Å². The second-order valence-electron chi connectivity index (χ2n) is 6.28. The average molecular weight is 409 g/mol. The van der Waals surface area contributed by atoms with E-state index in [1.807, 2.05) is 36.4 Å². The number of nitrogens with two attached hydrogens (primary N) is 1. The molecule has 0 saturated heterocycles. The lowest BCUT2D eigenvalue weighted by molar-refractivity contribution is 0.278. The van der Waals surface area contributed by atoms with E-state index in [4.69, 9.17) is 19.4 Å². The number of rotatable bonds is 6. The summed E-state index contributed by atoms with van der Waals surface area (Å²) in [6.45, 7) is -0.281. The largest absolute Gasteiger partial charge is 0.497 e. The third-order valence-corrected chi connectivity index (χ3v) is 5.38. The Balaban J connectivity index is 1.88. The first-order valence-corrected chi connectivity index (χ1v) is 10.0. The number of ether oxygens (including phenoxy) is 1. The summed E-state index contributed by atoms with van der Waals surface area (Å²) in [5.41, 5.74) is 3.60. The quantitative estimate of drug-likeness (QED) is 0.509. The number of aromatic nitrogens is 2. The summed E-state index contributed by atoms with van der Waals surface area (Å²) >= 11 is 0. The van der Waals surface area contributed by atoms with Crippen molar-refractivity contribution in [2.24, 2.45) is 5.14 Å². The van der Waals surface area contributed by atoms with Crippen molar-refractivity contribution >= 4 is 11.0 Å². The Bertz CT molecular complexity index is 1150. The molecule has 4 rings (SSSR count). The van der Waals surface area contributed by atoms with Crippen molar-refractivity contribution in [1.82, 2.24) is 9.78 Å². The molecule has 2 heterocycles. The van der Waals surface area contributed by atoms with Crippen LogP contribution in [0.2, 0.25) is 0 Å². The van der Waals surface area contributed by atoms with Crippen LogP contribution in [-0.2, 0) is 17.6 Å². The molecule has 2 aromatic heterocycles. The molecule has 0 aliphatic heterocycles. The normalized spacial score (nSPS) is 12.1. The van der Waals surface area contributed by atoms with Crippen molar-refractivity contribution in [3.63, 3.8) is 0 Å². The van der Waals surface area contributed by atoms with Gasteiger partial charge < -0.3 is 14.3 Å². The predicted molar refractivity (Wildman–Crippen MR) is 110 cm³/mol. The van der Waals surface area contributed by atoms with E-state index in [-0.39, 0.29) is 6.61 Å². The summed E-state index contributed by atoms with van der Waals surface area (Å²) in [5.74, 6) is 1.39. The Morgan fingerprint density at radius 1 is 1.17 bits per heavy atom. The minimum Gasteiger partial charge on any atom is -0.497 e. The smallest absolute Gasteiger partial charge is 0.154 e. The minimum atomic E-state index is -1.69. The standard InChI is InChI=1S/C21H19N3O4S/c1-27-17-7-4-14(5-8-17)19-12-18(20-3-2-10-28-20)23-24(19)16-6-9-21(29(22)26)15(11-16)13-25/h2-12,25H,13,22H2,1H3. The van der Waals surface area contributed by atoms with Gasteiger partial charge in [-0.2, -0.15) is 5.10 Å².